The first-order valence-corrected chi connectivity index (χ1v) is 8.70. The number of aromatic nitrogens is 2. The van der Waals surface area contributed by atoms with Gasteiger partial charge in [-0.1, -0.05) is 11.6 Å². The number of likely N-dealkylation sites (tertiary alicyclic amines) is 1. The largest absolute Gasteiger partial charge is 0.440 e. The van der Waals surface area contributed by atoms with Crippen molar-refractivity contribution in [3.63, 3.8) is 0 Å². The molecule has 0 unspecified atom stereocenters. The Hall–Kier alpha value is -1.43. The van der Waals surface area contributed by atoms with E-state index < -0.39 is 0 Å². The average molecular weight is 334 g/mol. The number of fused-ring (bicyclic) bond motifs is 1. The molecule has 1 fully saturated rings. The summed E-state index contributed by atoms with van der Waals surface area (Å²) < 4.78 is 5.91. The normalized spacial score (nSPS) is 17.3. The molecule has 0 spiro atoms. The van der Waals surface area contributed by atoms with Crippen molar-refractivity contribution >= 4 is 34.0 Å². The van der Waals surface area contributed by atoms with Crippen molar-refractivity contribution in [1.29, 1.82) is 0 Å². The van der Waals surface area contributed by atoms with Gasteiger partial charge in [-0.2, -0.15) is 0 Å². The number of piperidine rings is 1. The molecule has 6 heteroatoms. The highest BCUT2D eigenvalue weighted by Crippen LogP contribution is 2.31. The summed E-state index contributed by atoms with van der Waals surface area (Å²) in [5.74, 6) is 1.25. The second-order valence-corrected chi connectivity index (χ2v) is 7.06. The molecule has 1 aromatic carbocycles. The minimum atomic E-state index is 0.402. The van der Waals surface area contributed by atoms with Crippen LogP contribution in [0.15, 0.2) is 34.2 Å². The van der Waals surface area contributed by atoms with E-state index in [1.807, 2.05) is 29.8 Å². The van der Waals surface area contributed by atoms with Gasteiger partial charge in [0, 0.05) is 22.5 Å². The Bertz CT molecular complexity index is 763. The van der Waals surface area contributed by atoms with Gasteiger partial charge in [-0.25, -0.2) is 9.97 Å². The van der Waals surface area contributed by atoms with Gasteiger partial charge in [-0.3, -0.25) is 4.90 Å². The zero-order chi connectivity index (χ0) is 14.9. The lowest BCUT2D eigenvalue weighted by atomic mass is 9.97. The quantitative estimate of drug-likeness (QED) is 0.716. The number of oxazole rings is 1. The molecule has 0 aliphatic carbocycles. The minimum absolute atomic E-state index is 0.402. The maximum atomic E-state index is 6.01. The summed E-state index contributed by atoms with van der Waals surface area (Å²) in [4.78, 5) is 11.4. The van der Waals surface area contributed by atoms with Crippen molar-refractivity contribution in [3.05, 3.63) is 45.7 Å². The SMILES string of the molecule is Clc1ccc2oc(C3CCN(Cc4nccs4)CC3)nc2c1. The van der Waals surface area contributed by atoms with Crippen molar-refractivity contribution in [3.8, 4) is 0 Å². The first-order valence-electron chi connectivity index (χ1n) is 7.44. The zero-order valence-corrected chi connectivity index (χ0v) is 13.6. The fraction of sp³-hybridized carbons (Fsp3) is 0.375. The number of hydrogen-bond acceptors (Lipinski definition) is 5. The Morgan fingerprint density at radius 2 is 2.18 bits per heavy atom. The first kappa shape index (κ1) is 14.2. The molecule has 0 amide bonds. The Balaban J connectivity index is 1.43. The van der Waals surface area contributed by atoms with Gasteiger partial charge in [0.2, 0.25) is 0 Å². The van der Waals surface area contributed by atoms with Crippen LogP contribution < -0.4 is 0 Å². The van der Waals surface area contributed by atoms with Crippen molar-refractivity contribution in [2.75, 3.05) is 13.1 Å². The van der Waals surface area contributed by atoms with Crippen LogP contribution in [0.2, 0.25) is 5.02 Å². The molecule has 0 bridgehead atoms. The van der Waals surface area contributed by atoms with Gasteiger partial charge in [-0.05, 0) is 44.1 Å². The molecule has 1 aliphatic heterocycles. The van der Waals surface area contributed by atoms with Gasteiger partial charge in [0.1, 0.15) is 10.5 Å². The number of benzene rings is 1. The maximum Gasteiger partial charge on any atom is 0.198 e. The van der Waals surface area contributed by atoms with E-state index in [4.69, 9.17) is 16.0 Å². The maximum absolute atomic E-state index is 6.01. The summed E-state index contributed by atoms with van der Waals surface area (Å²) in [7, 11) is 0. The molecule has 114 valence electrons. The molecule has 0 atom stereocenters. The van der Waals surface area contributed by atoms with E-state index in [0.717, 1.165) is 49.5 Å². The van der Waals surface area contributed by atoms with E-state index in [0.29, 0.717) is 10.9 Å². The number of nitrogens with zero attached hydrogens (tertiary/aromatic N) is 3. The topological polar surface area (TPSA) is 42.2 Å². The highest BCUT2D eigenvalue weighted by Gasteiger charge is 2.25. The molecule has 3 heterocycles. The van der Waals surface area contributed by atoms with Crippen LogP contribution >= 0.6 is 22.9 Å². The monoisotopic (exact) mass is 333 g/mol. The van der Waals surface area contributed by atoms with Crippen LogP contribution in [-0.4, -0.2) is 28.0 Å². The molecular weight excluding hydrogens is 318 g/mol. The van der Waals surface area contributed by atoms with E-state index in [9.17, 15) is 0 Å². The molecule has 0 N–H and O–H groups in total. The fourth-order valence-corrected chi connectivity index (χ4v) is 3.78. The summed E-state index contributed by atoms with van der Waals surface area (Å²) in [5, 5.41) is 3.92. The van der Waals surface area contributed by atoms with Crippen molar-refractivity contribution in [1.82, 2.24) is 14.9 Å². The third-order valence-corrected chi connectivity index (χ3v) is 5.14. The fourth-order valence-electron chi connectivity index (χ4n) is 2.95. The third kappa shape index (κ3) is 2.89. The lowest BCUT2D eigenvalue weighted by Crippen LogP contribution is -2.32. The van der Waals surface area contributed by atoms with Crippen molar-refractivity contribution < 1.29 is 4.42 Å². The van der Waals surface area contributed by atoms with Gasteiger partial charge in [0.05, 0.1) is 6.54 Å². The predicted octanol–water partition coefficient (Wildman–Crippen LogP) is 4.32. The number of halogens is 1. The summed E-state index contributed by atoms with van der Waals surface area (Å²) >= 11 is 7.73. The Morgan fingerprint density at radius 1 is 1.32 bits per heavy atom. The molecule has 2 aromatic heterocycles. The molecule has 0 radical (unpaired) electrons. The van der Waals surface area contributed by atoms with Gasteiger partial charge >= 0.3 is 0 Å². The van der Waals surface area contributed by atoms with Crippen LogP contribution in [-0.2, 0) is 6.54 Å². The lowest BCUT2D eigenvalue weighted by Gasteiger charge is -2.29. The molecule has 3 aromatic rings. The van der Waals surface area contributed by atoms with E-state index >= 15 is 0 Å². The van der Waals surface area contributed by atoms with Gasteiger partial charge in [0.25, 0.3) is 0 Å². The molecule has 0 saturated carbocycles. The Kier molecular flexibility index (Phi) is 3.86. The minimum Gasteiger partial charge on any atom is -0.440 e. The second kappa shape index (κ2) is 5.99. The van der Waals surface area contributed by atoms with Gasteiger partial charge in [0.15, 0.2) is 11.5 Å². The second-order valence-electron chi connectivity index (χ2n) is 5.64. The zero-order valence-electron chi connectivity index (χ0n) is 12.0. The van der Waals surface area contributed by atoms with Crippen LogP contribution in [0.5, 0.6) is 0 Å². The van der Waals surface area contributed by atoms with Crippen LogP contribution in [0.1, 0.15) is 29.7 Å². The van der Waals surface area contributed by atoms with Crippen molar-refractivity contribution in [2.45, 2.75) is 25.3 Å². The van der Waals surface area contributed by atoms with E-state index in [1.165, 1.54) is 5.01 Å². The first-order chi connectivity index (χ1) is 10.8. The summed E-state index contributed by atoms with van der Waals surface area (Å²) in [6, 6.07) is 5.60. The molecular formula is C16H16ClN3OS. The molecule has 4 rings (SSSR count). The van der Waals surface area contributed by atoms with Crippen LogP contribution in [0, 0.1) is 0 Å². The van der Waals surface area contributed by atoms with Gasteiger partial charge < -0.3 is 4.42 Å². The average Bonchev–Trinajstić information content (AvgIpc) is 3.17. The highest BCUT2D eigenvalue weighted by molar-refractivity contribution is 7.09. The number of rotatable bonds is 3. The number of thiazole rings is 1. The van der Waals surface area contributed by atoms with E-state index in [1.54, 1.807) is 11.3 Å². The third-order valence-electron chi connectivity index (χ3n) is 4.15. The van der Waals surface area contributed by atoms with Crippen LogP contribution in [0.3, 0.4) is 0 Å². The molecule has 22 heavy (non-hydrogen) atoms. The molecule has 4 nitrogen and oxygen atoms in total. The van der Waals surface area contributed by atoms with E-state index in [-0.39, 0.29) is 0 Å². The van der Waals surface area contributed by atoms with Crippen LogP contribution in [0.4, 0.5) is 0 Å². The lowest BCUT2D eigenvalue weighted by molar-refractivity contribution is 0.194. The number of hydrogen-bond donors (Lipinski definition) is 0. The Morgan fingerprint density at radius 3 is 2.95 bits per heavy atom. The van der Waals surface area contributed by atoms with Gasteiger partial charge in [-0.15, -0.1) is 11.3 Å². The smallest absolute Gasteiger partial charge is 0.198 e. The summed E-state index contributed by atoms with van der Waals surface area (Å²) in [5.41, 5.74) is 1.68. The molecule has 1 saturated heterocycles. The van der Waals surface area contributed by atoms with Crippen LogP contribution in [0.25, 0.3) is 11.1 Å². The Labute approximate surface area is 137 Å². The summed E-state index contributed by atoms with van der Waals surface area (Å²) in [6.07, 6.45) is 4.02. The molecule has 1 aliphatic rings. The van der Waals surface area contributed by atoms with Crippen molar-refractivity contribution in [2.24, 2.45) is 0 Å². The highest BCUT2D eigenvalue weighted by atomic mass is 35.5. The standard InChI is InChI=1S/C16H16ClN3OS/c17-12-1-2-14-13(9-12)19-16(21-14)11-3-6-20(7-4-11)10-15-18-5-8-22-15/h1-2,5,8-9,11H,3-4,6-7,10H2. The van der Waals surface area contributed by atoms with E-state index in [2.05, 4.69) is 14.9 Å². The predicted molar refractivity (Wildman–Crippen MR) is 88.4 cm³/mol. The summed E-state index contributed by atoms with van der Waals surface area (Å²) in [6.45, 7) is 3.07.